The molecule has 2 saturated carbocycles. The second kappa shape index (κ2) is 5.34. The van der Waals surface area contributed by atoms with Gasteiger partial charge in [-0.25, -0.2) is 0 Å². The third-order valence-corrected chi connectivity index (χ3v) is 4.53. The molecule has 0 amide bonds. The molecule has 0 radical (unpaired) electrons. The molecule has 2 fully saturated rings. The highest BCUT2D eigenvalue weighted by Crippen LogP contribution is 2.55. The van der Waals surface area contributed by atoms with Crippen molar-refractivity contribution in [1.82, 2.24) is 0 Å². The molecule has 0 aromatic heterocycles. The van der Waals surface area contributed by atoms with Crippen LogP contribution in [0.5, 0.6) is 0 Å². The highest BCUT2D eigenvalue weighted by Gasteiger charge is 2.46. The Morgan fingerprint density at radius 2 is 1.67 bits per heavy atom. The van der Waals surface area contributed by atoms with Crippen molar-refractivity contribution in [2.75, 3.05) is 0 Å². The van der Waals surface area contributed by atoms with Gasteiger partial charge in [0, 0.05) is 6.04 Å². The van der Waals surface area contributed by atoms with Gasteiger partial charge in [-0.1, -0.05) is 39.0 Å². The maximum absolute atomic E-state index is 6.28. The third-order valence-electron chi connectivity index (χ3n) is 4.53. The van der Waals surface area contributed by atoms with Crippen molar-refractivity contribution in [3.63, 3.8) is 0 Å². The summed E-state index contributed by atoms with van der Waals surface area (Å²) < 4.78 is 0. The first-order chi connectivity index (χ1) is 7.31. The number of rotatable bonds is 7. The van der Waals surface area contributed by atoms with Crippen LogP contribution in [0.3, 0.4) is 0 Å². The lowest BCUT2D eigenvalue weighted by Gasteiger charge is -2.20. The Morgan fingerprint density at radius 1 is 1.00 bits per heavy atom. The van der Waals surface area contributed by atoms with Gasteiger partial charge in [0.15, 0.2) is 0 Å². The Labute approximate surface area is 94.8 Å². The quantitative estimate of drug-likeness (QED) is 0.635. The van der Waals surface area contributed by atoms with Crippen molar-refractivity contribution in [3.05, 3.63) is 0 Å². The first kappa shape index (κ1) is 11.4. The molecule has 15 heavy (non-hydrogen) atoms. The Bertz CT molecular complexity index is 180. The Kier molecular flexibility index (Phi) is 4.07. The van der Waals surface area contributed by atoms with Crippen LogP contribution in [0, 0.1) is 17.8 Å². The van der Waals surface area contributed by atoms with Crippen LogP contribution in [0.15, 0.2) is 0 Å². The molecular weight excluding hydrogens is 182 g/mol. The highest BCUT2D eigenvalue weighted by molar-refractivity contribution is 4.98. The van der Waals surface area contributed by atoms with Gasteiger partial charge in [0.05, 0.1) is 0 Å². The van der Waals surface area contributed by atoms with Gasteiger partial charge in [-0.3, -0.25) is 0 Å². The van der Waals surface area contributed by atoms with Gasteiger partial charge in [-0.2, -0.15) is 0 Å². The van der Waals surface area contributed by atoms with Crippen molar-refractivity contribution >= 4 is 0 Å². The van der Waals surface area contributed by atoms with E-state index in [1.54, 1.807) is 0 Å². The van der Waals surface area contributed by atoms with Crippen LogP contribution in [0.2, 0.25) is 0 Å². The molecule has 1 nitrogen and oxygen atoms in total. The van der Waals surface area contributed by atoms with E-state index in [2.05, 4.69) is 6.92 Å². The lowest BCUT2D eigenvalue weighted by molar-refractivity contribution is 0.366. The van der Waals surface area contributed by atoms with Gasteiger partial charge in [0.1, 0.15) is 0 Å². The molecule has 0 bridgehead atoms. The summed E-state index contributed by atoms with van der Waals surface area (Å²) in [6.45, 7) is 2.27. The molecule has 88 valence electrons. The van der Waals surface area contributed by atoms with Crippen molar-refractivity contribution in [2.45, 2.75) is 70.8 Å². The zero-order valence-corrected chi connectivity index (χ0v) is 10.3. The van der Waals surface area contributed by atoms with Gasteiger partial charge < -0.3 is 5.73 Å². The summed E-state index contributed by atoms with van der Waals surface area (Å²) in [5.41, 5.74) is 6.28. The minimum absolute atomic E-state index is 0.527. The van der Waals surface area contributed by atoms with Crippen molar-refractivity contribution in [3.8, 4) is 0 Å². The average molecular weight is 209 g/mol. The third kappa shape index (κ3) is 3.21. The molecular formula is C14H27N. The van der Waals surface area contributed by atoms with Gasteiger partial charge in [-0.05, 0) is 43.4 Å². The average Bonchev–Trinajstić information content (AvgIpc) is 2.85. The molecule has 2 rings (SSSR count). The number of hydrogen-bond donors (Lipinski definition) is 1. The zero-order chi connectivity index (χ0) is 10.7. The lowest BCUT2D eigenvalue weighted by atomic mass is 9.91. The molecule has 2 aliphatic rings. The molecule has 2 aliphatic carbocycles. The van der Waals surface area contributed by atoms with E-state index in [1.165, 1.54) is 57.8 Å². The van der Waals surface area contributed by atoms with Crippen molar-refractivity contribution in [2.24, 2.45) is 23.5 Å². The summed E-state index contributed by atoms with van der Waals surface area (Å²) in [7, 11) is 0. The summed E-state index contributed by atoms with van der Waals surface area (Å²) in [6.07, 6.45) is 12.7. The number of nitrogens with two attached hydrogens (primary N) is 1. The van der Waals surface area contributed by atoms with Crippen molar-refractivity contribution in [1.29, 1.82) is 0 Å². The van der Waals surface area contributed by atoms with E-state index in [0.717, 1.165) is 17.8 Å². The number of unbranched alkanes of at least 4 members (excludes halogenated alkanes) is 4. The number of hydrogen-bond acceptors (Lipinski definition) is 1. The Morgan fingerprint density at radius 3 is 2.33 bits per heavy atom. The fourth-order valence-corrected chi connectivity index (χ4v) is 3.33. The van der Waals surface area contributed by atoms with Gasteiger partial charge in [-0.15, -0.1) is 0 Å². The molecule has 2 N–H and O–H groups in total. The molecule has 1 heteroatoms. The van der Waals surface area contributed by atoms with Crippen LogP contribution in [-0.4, -0.2) is 6.04 Å². The molecule has 0 saturated heterocycles. The predicted molar refractivity (Wildman–Crippen MR) is 65.7 cm³/mol. The van der Waals surface area contributed by atoms with E-state index in [-0.39, 0.29) is 0 Å². The smallest absolute Gasteiger partial charge is 0.00673 e. The Hall–Kier alpha value is -0.0400. The predicted octanol–water partition coefficient (Wildman–Crippen LogP) is 3.72. The zero-order valence-electron chi connectivity index (χ0n) is 10.3. The second-order valence-corrected chi connectivity index (χ2v) is 5.85. The lowest BCUT2D eigenvalue weighted by Crippen LogP contribution is -2.29. The minimum Gasteiger partial charge on any atom is -0.327 e. The van der Waals surface area contributed by atoms with Crippen LogP contribution in [0.4, 0.5) is 0 Å². The van der Waals surface area contributed by atoms with E-state index < -0.39 is 0 Å². The van der Waals surface area contributed by atoms with Crippen LogP contribution >= 0.6 is 0 Å². The summed E-state index contributed by atoms with van der Waals surface area (Å²) in [5.74, 6) is 3.09. The molecule has 0 spiro atoms. The van der Waals surface area contributed by atoms with Gasteiger partial charge in [0.25, 0.3) is 0 Å². The normalized spacial score (nSPS) is 35.2. The summed E-state index contributed by atoms with van der Waals surface area (Å²) in [4.78, 5) is 0. The van der Waals surface area contributed by atoms with Crippen LogP contribution in [0.25, 0.3) is 0 Å². The van der Waals surface area contributed by atoms with Crippen LogP contribution in [-0.2, 0) is 0 Å². The summed E-state index contributed by atoms with van der Waals surface area (Å²) in [6, 6.07) is 0.527. The molecule has 0 aromatic carbocycles. The van der Waals surface area contributed by atoms with Crippen LogP contribution < -0.4 is 5.73 Å². The highest BCUT2D eigenvalue weighted by atomic mass is 14.7. The largest absolute Gasteiger partial charge is 0.327 e. The topological polar surface area (TPSA) is 26.0 Å². The fourth-order valence-electron chi connectivity index (χ4n) is 3.33. The van der Waals surface area contributed by atoms with E-state index in [0.29, 0.717) is 6.04 Å². The maximum Gasteiger partial charge on any atom is 0.00673 e. The molecule has 0 aliphatic heterocycles. The van der Waals surface area contributed by atoms with E-state index >= 15 is 0 Å². The number of fused-ring (bicyclic) bond motifs is 1. The monoisotopic (exact) mass is 209 g/mol. The van der Waals surface area contributed by atoms with E-state index in [9.17, 15) is 0 Å². The first-order valence-corrected chi connectivity index (χ1v) is 7.06. The molecule has 0 aromatic rings. The van der Waals surface area contributed by atoms with Gasteiger partial charge in [0.2, 0.25) is 0 Å². The molecule has 0 heterocycles. The van der Waals surface area contributed by atoms with Crippen molar-refractivity contribution < 1.29 is 0 Å². The van der Waals surface area contributed by atoms with E-state index in [4.69, 9.17) is 5.73 Å². The Balaban J connectivity index is 1.51. The maximum atomic E-state index is 6.28. The minimum atomic E-state index is 0.527. The summed E-state index contributed by atoms with van der Waals surface area (Å²) >= 11 is 0. The van der Waals surface area contributed by atoms with Crippen LogP contribution in [0.1, 0.15) is 64.7 Å². The van der Waals surface area contributed by atoms with E-state index in [1.807, 2.05) is 0 Å². The molecule has 3 atom stereocenters. The summed E-state index contributed by atoms with van der Waals surface area (Å²) in [5, 5.41) is 0. The first-order valence-electron chi connectivity index (χ1n) is 7.06. The van der Waals surface area contributed by atoms with Gasteiger partial charge >= 0.3 is 0 Å². The standard InChI is InChI=1S/C14H27N/c1-2-3-4-5-6-7-14(15)13-9-11-8-12(11)10-13/h11-14H,2-10,15H2,1H3. The fraction of sp³-hybridized carbons (Fsp3) is 1.00. The second-order valence-electron chi connectivity index (χ2n) is 5.85. The SMILES string of the molecule is CCCCCCCC(N)C1CC2CC2C1. The molecule has 3 unspecified atom stereocenters.